The molecule has 3 rings (SSSR count). The van der Waals surface area contributed by atoms with Crippen LogP contribution in [0.3, 0.4) is 0 Å². The van der Waals surface area contributed by atoms with Crippen LogP contribution in [-0.4, -0.2) is 16.1 Å². The Labute approximate surface area is 120 Å². The number of aromatic carboxylic acids is 1. The summed E-state index contributed by atoms with van der Waals surface area (Å²) in [5.41, 5.74) is 3.75. The van der Waals surface area contributed by atoms with Crippen LogP contribution in [0.5, 0.6) is 0 Å². The van der Waals surface area contributed by atoms with Gasteiger partial charge < -0.3 is 10.1 Å². The van der Waals surface area contributed by atoms with E-state index in [1.54, 1.807) is 18.2 Å². The first-order valence-corrected chi connectivity index (χ1v) is 6.55. The lowest BCUT2D eigenvalue weighted by Crippen LogP contribution is -2.01. The number of hydrogen-bond acceptors (Lipinski definition) is 1. The second-order valence-electron chi connectivity index (χ2n) is 4.68. The number of fused-ring (bicyclic) bond motifs is 1. The van der Waals surface area contributed by atoms with Crippen LogP contribution in [0.15, 0.2) is 42.6 Å². The van der Waals surface area contributed by atoms with E-state index in [1.165, 1.54) is 0 Å². The molecular formula is C16H12ClNO2. The van der Waals surface area contributed by atoms with E-state index in [1.807, 2.05) is 31.3 Å². The van der Waals surface area contributed by atoms with Crippen molar-refractivity contribution >= 4 is 28.5 Å². The summed E-state index contributed by atoms with van der Waals surface area (Å²) in [5, 5.41) is 11.0. The zero-order chi connectivity index (χ0) is 14.3. The van der Waals surface area contributed by atoms with Gasteiger partial charge in [0.15, 0.2) is 0 Å². The Hall–Kier alpha value is -2.26. The molecule has 0 unspecified atom stereocenters. The summed E-state index contributed by atoms with van der Waals surface area (Å²) in [6, 6.07) is 11.1. The van der Waals surface area contributed by atoms with E-state index in [2.05, 4.69) is 4.98 Å². The van der Waals surface area contributed by atoms with Crippen molar-refractivity contribution in [1.82, 2.24) is 4.98 Å². The molecule has 3 aromatic rings. The van der Waals surface area contributed by atoms with Crippen LogP contribution in [-0.2, 0) is 0 Å². The maximum Gasteiger partial charge on any atom is 0.336 e. The van der Waals surface area contributed by atoms with Gasteiger partial charge in [0.1, 0.15) is 0 Å². The maximum atomic E-state index is 11.4. The number of carboxylic acid groups (broad SMARTS) is 1. The van der Waals surface area contributed by atoms with Crippen molar-refractivity contribution in [3.8, 4) is 11.1 Å². The Morgan fingerprint density at radius 3 is 2.55 bits per heavy atom. The lowest BCUT2D eigenvalue weighted by molar-refractivity contribution is 0.0696. The van der Waals surface area contributed by atoms with Gasteiger partial charge in [-0.1, -0.05) is 23.7 Å². The van der Waals surface area contributed by atoms with E-state index < -0.39 is 5.97 Å². The number of rotatable bonds is 2. The average molecular weight is 286 g/mol. The largest absolute Gasteiger partial charge is 0.478 e. The van der Waals surface area contributed by atoms with Crippen LogP contribution >= 0.6 is 11.6 Å². The van der Waals surface area contributed by atoms with Gasteiger partial charge in [0.05, 0.1) is 5.56 Å². The lowest BCUT2D eigenvalue weighted by atomic mass is 9.95. The Morgan fingerprint density at radius 1 is 1.20 bits per heavy atom. The standard InChI is InChI=1S/C16H12ClNO2/c1-9-13(16(19)20)8-14(12-6-7-18-15(9)12)10-2-4-11(17)5-3-10/h2-8,18H,1H3,(H,19,20). The van der Waals surface area contributed by atoms with Crippen LogP contribution < -0.4 is 0 Å². The van der Waals surface area contributed by atoms with Gasteiger partial charge >= 0.3 is 5.97 Å². The van der Waals surface area contributed by atoms with Gasteiger partial charge in [-0.3, -0.25) is 0 Å². The lowest BCUT2D eigenvalue weighted by Gasteiger charge is -2.09. The summed E-state index contributed by atoms with van der Waals surface area (Å²) in [6.07, 6.45) is 1.82. The molecule has 0 saturated carbocycles. The molecular weight excluding hydrogens is 274 g/mol. The normalized spacial score (nSPS) is 10.9. The predicted octanol–water partition coefficient (Wildman–Crippen LogP) is 4.49. The SMILES string of the molecule is Cc1c(C(=O)O)cc(-c2ccc(Cl)cc2)c2cc[nH]c12. The molecule has 0 aliphatic carbocycles. The number of hydrogen-bond donors (Lipinski definition) is 2. The molecule has 4 heteroatoms. The highest BCUT2D eigenvalue weighted by atomic mass is 35.5. The van der Waals surface area contributed by atoms with Crippen molar-refractivity contribution < 1.29 is 9.90 Å². The summed E-state index contributed by atoms with van der Waals surface area (Å²) in [7, 11) is 0. The van der Waals surface area contributed by atoms with Crippen molar-refractivity contribution in [2.75, 3.05) is 0 Å². The molecule has 0 aliphatic heterocycles. The topological polar surface area (TPSA) is 53.1 Å². The molecule has 3 nitrogen and oxygen atoms in total. The molecule has 20 heavy (non-hydrogen) atoms. The number of benzene rings is 2. The van der Waals surface area contributed by atoms with E-state index >= 15 is 0 Å². The minimum atomic E-state index is -0.922. The smallest absolute Gasteiger partial charge is 0.336 e. The van der Waals surface area contributed by atoms with Crippen molar-refractivity contribution in [2.45, 2.75) is 6.92 Å². The Balaban J connectivity index is 2.34. The summed E-state index contributed by atoms with van der Waals surface area (Å²) < 4.78 is 0. The number of H-pyrrole nitrogens is 1. The molecule has 0 aliphatic rings. The molecule has 100 valence electrons. The van der Waals surface area contributed by atoms with Gasteiger partial charge in [-0.05, 0) is 47.9 Å². The van der Waals surface area contributed by atoms with Crippen molar-refractivity contribution in [1.29, 1.82) is 0 Å². The second-order valence-corrected chi connectivity index (χ2v) is 5.11. The molecule has 0 saturated heterocycles. The third-order valence-electron chi connectivity index (χ3n) is 3.49. The van der Waals surface area contributed by atoms with Gasteiger partial charge in [-0.2, -0.15) is 0 Å². The van der Waals surface area contributed by atoms with Crippen LogP contribution in [0, 0.1) is 6.92 Å². The number of aromatic amines is 1. The summed E-state index contributed by atoms with van der Waals surface area (Å²) in [5.74, 6) is -0.922. The first-order chi connectivity index (χ1) is 9.58. The van der Waals surface area contributed by atoms with Crippen molar-refractivity contribution in [2.24, 2.45) is 0 Å². The molecule has 1 aromatic heterocycles. The Kier molecular flexibility index (Phi) is 2.99. The molecule has 0 radical (unpaired) electrons. The van der Waals surface area contributed by atoms with Gasteiger partial charge in [-0.15, -0.1) is 0 Å². The van der Waals surface area contributed by atoms with E-state index in [4.69, 9.17) is 11.6 Å². The van der Waals surface area contributed by atoms with E-state index in [-0.39, 0.29) is 0 Å². The van der Waals surface area contributed by atoms with Crippen molar-refractivity contribution in [3.63, 3.8) is 0 Å². The van der Waals surface area contributed by atoms with Gasteiger partial charge in [-0.25, -0.2) is 4.79 Å². The predicted molar refractivity (Wildman–Crippen MR) is 80.4 cm³/mol. The fourth-order valence-electron chi connectivity index (χ4n) is 2.46. The molecule has 0 atom stereocenters. The summed E-state index contributed by atoms with van der Waals surface area (Å²) >= 11 is 5.90. The minimum absolute atomic E-state index is 0.310. The molecule has 2 N–H and O–H groups in total. The van der Waals surface area contributed by atoms with Crippen molar-refractivity contribution in [3.05, 3.63) is 58.7 Å². The van der Waals surface area contributed by atoms with Crippen LogP contribution in [0.4, 0.5) is 0 Å². The Bertz CT molecular complexity index is 803. The number of aryl methyl sites for hydroxylation is 1. The quantitative estimate of drug-likeness (QED) is 0.728. The Morgan fingerprint density at radius 2 is 1.90 bits per heavy atom. The van der Waals surface area contributed by atoms with Crippen LogP contribution in [0.25, 0.3) is 22.0 Å². The van der Waals surface area contributed by atoms with Gasteiger partial charge in [0.25, 0.3) is 0 Å². The molecule has 2 aromatic carbocycles. The van der Waals surface area contributed by atoms with E-state index in [0.29, 0.717) is 10.6 Å². The van der Waals surface area contributed by atoms with E-state index in [9.17, 15) is 9.90 Å². The summed E-state index contributed by atoms with van der Waals surface area (Å²) in [4.78, 5) is 14.5. The first kappa shape index (κ1) is 12.8. The number of carbonyl (C=O) groups is 1. The first-order valence-electron chi connectivity index (χ1n) is 6.18. The second kappa shape index (κ2) is 4.69. The monoisotopic (exact) mass is 285 g/mol. The summed E-state index contributed by atoms with van der Waals surface area (Å²) in [6.45, 7) is 1.81. The van der Waals surface area contributed by atoms with Crippen LogP contribution in [0.1, 0.15) is 15.9 Å². The highest BCUT2D eigenvalue weighted by Gasteiger charge is 2.15. The molecule has 0 bridgehead atoms. The third-order valence-corrected chi connectivity index (χ3v) is 3.74. The number of halogens is 1. The highest BCUT2D eigenvalue weighted by molar-refractivity contribution is 6.30. The zero-order valence-electron chi connectivity index (χ0n) is 10.8. The molecule has 1 heterocycles. The molecule has 0 amide bonds. The fourth-order valence-corrected chi connectivity index (χ4v) is 2.59. The maximum absolute atomic E-state index is 11.4. The number of aromatic nitrogens is 1. The minimum Gasteiger partial charge on any atom is -0.478 e. The molecule has 0 fully saturated rings. The van der Waals surface area contributed by atoms with Gasteiger partial charge in [0, 0.05) is 22.1 Å². The van der Waals surface area contributed by atoms with E-state index in [0.717, 1.165) is 27.6 Å². The van der Waals surface area contributed by atoms with Crippen LogP contribution in [0.2, 0.25) is 5.02 Å². The van der Waals surface area contributed by atoms with Gasteiger partial charge in [0.2, 0.25) is 0 Å². The number of carboxylic acids is 1. The zero-order valence-corrected chi connectivity index (χ0v) is 11.5. The highest BCUT2D eigenvalue weighted by Crippen LogP contribution is 2.33. The average Bonchev–Trinajstić information content (AvgIpc) is 2.90. The third kappa shape index (κ3) is 1.96. The number of nitrogens with one attached hydrogen (secondary N) is 1. The molecule has 0 spiro atoms. The fraction of sp³-hybridized carbons (Fsp3) is 0.0625.